The van der Waals surface area contributed by atoms with E-state index in [1.54, 1.807) is 43.5 Å². The van der Waals surface area contributed by atoms with Gasteiger partial charge in [-0.2, -0.15) is 0 Å². The van der Waals surface area contributed by atoms with Crippen LogP contribution in [0.3, 0.4) is 0 Å². The largest absolute Gasteiger partial charge is 0.497 e. The molecule has 1 aliphatic carbocycles. The standard InChI is InChI=1S/C48H50O13/c1-52-34-22-20-33(21-23-34)48-41(32-18-12-7-13-19-32)40(44(50)54-3)43(49)47(48,51)42-36(53-2)24-35(25-37(42)61-48)59-46-45(55-4)58-29-39(60-46)38(57-27-31-16-10-6-11-17-31)28-56-26-30-14-8-5-9-15-30/h5-25,38-41,43,45-46,49,51H,26-29H2,1-4H3/t38-,39-,40-,41-,43-,45-,46+,47+,48+/m1/s1. The minimum absolute atomic E-state index is 0.126. The molecule has 0 bridgehead atoms. The molecule has 1 saturated heterocycles. The van der Waals surface area contributed by atoms with Gasteiger partial charge < -0.3 is 57.6 Å². The average Bonchev–Trinajstić information content (AvgIpc) is 3.69. The van der Waals surface area contributed by atoms with Crippen molar-refractivity contribution in [1.82, 2.24) is 0 Å². The van der Waals surface area contributed by atoms with E-state index in [9.17, 15) is 15.0 Å². The van der Waals surface area contributed by atoms with E-state index in [0.29, 0.717) is 30.1 Å². The van der Waals surface area contributed by atoms with Gasteiger partial charge in [-0.05, 0) is 34.4 Å². The number of aliphatic hydroxyl groups excluding tert-OH is 1. The Labute approximate surface area is 354 Å². The highest BCUT2D eigenvalue weighted by Crippen LogP contribution is 2.70. The van der Waals surface area contributed by atoms with Crippen molar-refractivity contribution in [2.75, 3.05) is 41.7 Å². The zero-order valence-corrected chi connectivity index (χ0v) is 34.4. The van der Waals surface area contributed by atoms with E-state index in [2.05, 4.69) is 0 Å². The fourth-order valence-electron chi connectivity index (χ4n) is 8.89. The first kappa shape index (κ1) is 42.2. The smallest absolute Gasteiger partial charge is 0.312 e. The summed E-state index contributed by atoms with van der Waals surface area (Å²) in [5.74, 6) is -1.87. The van der Waals surface area contributed by atoms with Gasteiger partial charge in [-0.3, -0.25) is 4.79 Å². The van der Waals surface area contributed by atoms with Gasteiger partial charge >= 0.3 is 5.97 Å². The number of benzene rings is 5. The molecule has 61 heavy (non-hydrogen) atoms. The molecule has 5 aromatic carbocycles. The van der Waals surface area contributed by atoms with Gasteiger partial charge in [0.1, 0.15) is 41.3 Å². The summed E-state index contributed by atoms with van der Waals surface area (Å²) in [6.07, 6.45) is -4.99. The van der Waals surface area contributed by atoms with Crippen LogP contribution in [0.25, 0.3) is 0 Å². The SMILES string of the molecule is COC(=O)[C@H]1[C@@H](O)[C@@]2(O)c3c(OC)cc(O[C@H]4O[C@@H]([C@@H](COCc5ccccc5)OCc5ccccc5)CO[C@H]4OC)cc3O[C@@]2(c2ccc(OC)cc2)[C@@H]1c1ccccc1. The van der Waals surface area contributed by atoms with Crippen LogP contribution in [-0.4, -0.2) is 88.7 Å². The highest BCUT2D eigenvalue weighted by molar-refractivity contribution is 5.78. The Morgan fingerprint density at radius 2 is 1.44 bits per heavy atom. The van der Waals surface area contributed by atoms with Crippen molar-refractivity contribution in [3.63, 3.8) is 0 Å². The number of rotatable bonds is 16. The Hall–Kier alpha value is -5.51. The van der Waals surface area contributed by atoms with Gasteiger partial charge in [-0.1, -0.05) is 103 Å². The fraction of sp³-hybridized carbons (Fsp3) is 0.354. The summed E-state index contributed by atoms with van der Waals surface area (Å²) >= 11 is 0. The lowest BCUT2D eigenvalue weighted by Gasteiger charge is -2.40. The van der Waals surface area contributed by atoms with Gasteiger partial charge in [0.25, 0.3) is 6.29 Å². The van der Waals surface area contributed by atoms with Crippen LogP contribution >= 0.6 is 0 Å². The molecule has 2 heterocycles. The first-order valence-corrected chi connectivity index (χ1v) is 20.1. The molecule has 1 saturated carbocycles. The molecule has 0 amide bonds. The van der Waals surface area contributed by atoms with Crippen LogP contribution in [0.1, 0.15) is 33.7 Å². The van der Waals surface area contributed by atoms with Crippen LogP contribution in [0.4, 0.5) is 0 Å². The van der Waals surface area contributed by atoms with Crippen molar-refractivity contribution in [3.05, 3.63) is 155 Å². The summed E-state index contributed by atoms with van der Waals surface area (Å²) in [6.45, 7) is 1.01. The third-order valence-corrected chi connectivity index (χ3v) is 11.7. The first-order chi connectivity index (χ1) is 29.7. The summed E-state index contributed by atoms with van der Waals surface area (Å²) in [4.78, 5) is 13.7. The maximum atomic E-state index is 13.7. The van der Waals surface area contributed by atoms with Crippen molar-refractivity contribution < 1.29 is 62.4 Å². The molecule has 9 atom stereocenters. The van der Waals surface area contributed by atoms with E-state index in [-0.39, 0.29) is 36.0 Å². The average molecular weight is 835 g/mol. The van der Waals surface area contributed by atoms with Crippen molar-refractivity contribution in [1.29, 1.82) is 0 Å². The Kier molecular flexibility index (Phi) is 12.6. The van der Waals surface area contributed by atoms with E-state index in [0.717, 1.165) is 11.1 Å². The lowest BCUT2D eigenvalue weighted by molar-refractivity contribution is -0.327. The molecule has 2 fully saturated rings. The van der Waals surface area contributed by atoms with Gasteiger partial charge in [-0.25, -0.2) is 0 Å². The number of methoxy groups -OCH3 is 4. The molecule has 0 unspecified atom stereocenters. The zero-order chi connectivity index (χ0) is 42.6. The maximum absolute atomic E-state index is 13.7. The Morgan fingerprint density at radius 3 is 2.07 bits per heavy atom. The monoisotopic (exact) mass is 834 g/mol. The highest BCUT2D eigenvalue weighted by atomic mass is 16.8. The Bertz CT molecular complexity index is 2220. The lowest BCUT2D eigenvalue weighted by atomic mass is 9.70. The fourth-order valence-corrected chi connectivity index (χ4v) is 8.89. The zero-order valence-electron chi connectivity index (χ0n) is 34.4. The topological polar surface area (TPSA) is 150 Å². The molecule has 0 radical (unpaired) electrons. The lowest BCUT2D eigenvalue weighted by Crippen LogP contribution is -2.52. The molecule has 3 aliphatic rings. The van der Waals surface area contributed by atoms with Gasteiger partial charge in [0.15, 0.2) is 11.2 Å². The van der Waals surface area contributed by atoms with Gasteiger partial charge in [0, 0.05) is 25.2 Å². The van der Waals surface area contributed by atoms with E-state index in [1.165, 1.54) is 21.3 Å². The molecule has 13 nitrogen and oxygen atoms in total. The highest BCUT2D eigenvalue weighted by Gasteiger charge is 2.78. The molecule has 5 aromatic rings. The Balaban J connectivity index is 1.14. The van der Waals surface area contributed by atoms with Crippen LogP contribution in [0.15, 0.2) is 127 Å². The van der Waals surface area contributed by atoms with Crippen molar-refractivity contribution >= 4 is 5.97 Å². The molecule has 0 spiro atoms. The van der Waals surface area contributed by atoms with Gasteiger partial charge in [0.2, 0.25) is 6.29 Å². The van der Waals surface area contributed by atoms with Crippen LogP contribution in [0.5, 0.6) is 23.0 Å². The molecule has 2 aliphatic heterocycles. The molecule has 320 valence electrons. The van der Waals surface area contributed by atoms with Crippen LogP contribution in [0, 0.1) is 5.92 Å². The van der Waals surface area contributed by atoms with E-state index >= 15 is 0 Å². The molecular formula is C48H50O13. The summed E-state index contributed by atoms with van der Waals surface area (Å²) < 4.78 is 61.2. The number of esters is 1. The number of carbonyl (C=O) groups excluding carboxylic acids is 1. The second-order valence-corrected chi connectivity index (χ2v) is 15.1. The van der Waals surface area contributed by atoms with E-state index < -0.39 is 59.9 Å². The van der Waals surface area contributed by atoms with Crippen molar-refractivity contribution in [2.45, 2.75) is 61.2 Å². The molecule has 8 rings (SSSR count). The quantitative estimate of drug-likeness (QED) is 0.112. The summed E-state index contributed by atoms with van der Waals surface area (Å²) in [7, 11) is 5.72. The predicted molar refractivity (Wildman–Crippen MR) is 220 cm³/mol. The molecule has 13 heteroatoms. The minimum Gasteiger partial charge on any atom is -0.497 e. The number of hydrogen-bond donors (Lipinski definition) is 2. The molecule has 2 N–H and O–H groups in total. The molecular weight excluding hydrogens is 785 g/mol. The van der Waals surface area contributed by atoms with Crippen LogP contribution < -0.4 is 18.9 Å². The van der Waals surface area contributed by atoms with E-state index in [4.69, 9.17) is 47.4 Å². The van der Waals surface area contributed by atoms with Crippen LogP contribution in [-0.2, 0) is 57.6 Å². The van der Waals surface area contributed by atoms with Crippen molar-refractivity contribution in [2.24, 2.45) is 5.92 Å². The number of hydrogen-bond acceptors (Lipinski definition) is 13. The second kappa shape index (κ2) is 18.2. The number of aliphatic hydroxyl groups is 2. The number of ether oxygens (including phenoxy) is 10. The third kappa shape index (κ3) is 7.83. The second-order valence-electron chi connectivity index (χ2n) is 15.1. The summed E-state index contributed by atoms with van der Waals surface area (Å²) in [6, 6.07) is 38.9. The normalized spacial score (nSPS) is 27.0. The van der Waals surface area contributed by atoms with Gasteiger partial charge in [-0.15, -0.1) is 0 Å². The van der Waals surface area contributed by atoms with Gasteiger partial charge in [0.05, 0.1) is 59.2 Å². The predicted octanol–water partition coefficient (Wildman–Crippen LogP) is 6.02. The molecule has 0 aromatic heterocycles. The first-order valence-electron chi connectivity index (χ1n) is 20.1. The minimum atomic E-state index is -2.26. The Morgan fingerprint density at radius 1 is 0.787 bits per heavy atom. The number of carbonyl (C=O) groups is 1. The third-order valence-electron chi connectivity index (χ3n) is 11.7. The van der Waals surface area contributed by atoms with E-state index in [1.807, 2.05) is 91.0 Å². The summed E-state index contributed by atoms with van der Waals surface area (Å²) in [5.41, 5.74) is -0.816. The van der Waals surface area contributed by atoms with Crippen molar-refractivity contribution in [3.8, 4) is 23.0 Å². The van der Waals surface area contributed by atoms with Crippen LogP contribution in [0.2, 0.25) is 0 Å². The summed E-state index contributed by atoms with van der Waals surface area (Å²) in [5, 5.41) is 25.6. The maximum Gasteiger partial charge on any atom is 0.312 e. The number of fused-ring (bicyclic) bond motifs is 3.